The van der Waals surface area contributed by atoms with E-state index in [-0.39, 0.29) is 24.0 Å². The molecule has 1 aliphatic heterocycles. The molecule has 1 fully saturated rings. The number of carbonyl (C=O) groups is 1. The summed E-state index contributed by atoms with van der Waals surface area (Å²) in [5.74, 6) is -0.128. The van der Waals surface area contributed by atoms with Gasteiger partial charge >= 0.3 is 0 Å². The van der Waals surface area contributed by atoms with E-state index in [4.69, 9.17) is 0 Å². The van der Waals surface area contributed by atoms with E-state index in [0.717, 1.165) is 18.4 Å². The van der Waals surface area contributed by atoms with Crippen LogP contribution in [-0.4, -0.2) is 41.9 Å². The Morgan fingerprint density at radius 1 is 1.43 bits per heavy atom. The fraction of sp³-hybridized carbons (Fsp3) is 0.500. The van der Waals surface area contributed by atoms with Crippen LogP contribution in [0.1, 0.15) is 28.8 Å². The highest BCUT2D eigenvalue weighted by Crippen LogP contribution is 2.20. The van der Waals surface area contributed by atoms with E-state index in [2.05, 4.69) is 5.32 Å². The number of amides is 1. The van der Waals surface area contributed by atoms with E-state index >= 15 is 0 Å². The molecule has 0 radical (unpaired) electrons. The second-order valence-corrected chi connectivity index (χ2v) is 5.19. The number of halogens is 1. The number of nitrogens with one attached hydrogen (secondary N) is 1. The van der Waals surface area contributed by atoms with Crippen LogP contribution in [-0.2, 0) is 0 Å². The first-order valence-corrected chi connectivity index (χ1v) is 6.74. The first-order chi connectivity index (χ1) is 9.51. The second-order valence-electron chi connectivity index (χ2n) is 5.19. The SMILES string of the molecule is CNC1CCCN(C(=O)c2cc(C)cc([N+](=O)[O-])c2)C1.Cl. The highest BCUT2D eigenvalue weighted by Gasteiger charge is 2.24. The Morgan fingerprint density at radius 3 is 2.76 bits per heavy atom. The van der Waals surface area contributed by atoms with Crippen LogP contribution in [0.3, 0.4) is 0 Å². The molecule has 0 spiro atoms. The largest absolute Gasteiger partial charge is 0.337 e. The summed E-state index contributed by atoms with van der Waals surface area (Å²) >= 11 is 0. The fourth-order valence-corrected chi connectivity index (χ4v) is 2.57. The second kappa shape index (κ2) is 7.38. The lowest BCUT2D eigenvalue weighted by Crippen LogP contribution is -2.46. The van der Waals surface area contributed by atoms with Crippen LogP contribution in [0.5, 0.6) is 0 Å². The quantitative estimate of drug-likeness (QED) is 0.685. The zero-order chi connectivity index (χ0) is 14.7. The average molecular weight is 314 g/mol. The number of nitrogens with zero attached hydrogens (tertiary/aromatic N) is 2. The lowest BCUT2D eigenvalue weighted by atomic mass is 10.0. The molecule has 2 rings (SSSR count). The van der Waals surface area contributed by atoms with Gasteiger partial charge in [-0.15, -0.1) is 12.4 Å². The molecule has 1 saturated heterocycles. The number of nitro groups is 1. The third kappa shape index (κ3) is 4.15. The molecule has 21 heavy (non-hydrogen) atoms. The van der Waals surface area contributed by atoms with E-state index in [1.807, 2.05) is 7.05 Å². The minimum atomic E-state index is -0.462. The minimum Gasteiger partial charge on any atom is -0.337 e. The standard InChI is InChI=1S/C14H19N3O3.ClH/c1-10-6-11(8-13(7-10)17(19)20)14(18)16-5-3-4-12(9-16)15-2;/h6-8,12,15H,3-5,9H2,1-2H3;1H. The summed E-state index contributed by atoms with van der Waals surface area (Å²) in [5, 5.41) is 14.1. The molecule has 6 nitrogen and oxygen atoms in total. The fourth-order valence-electron chi connectivity index (χ4n) is 2.57. The Bertz CT molecular complexity index is 536. The third-order valence-corrected chi connectivity index (χ3v) is 3.64. The summed E-state index contributed by atoms with van der Waals surface area (Å²) in [6, 6.07) is 4.84. The van der Waals surface area contributed by atoms with E-state index in [0.29, 0.717) is 24.7 Å². The maximum Gasteiger partial charge on any atom is 0.270 e. The molecule has 1 atom stereocenters. The highest BCUT2D eigenvalue weighted by atomic mass is 35.5. The lowest BCUT2D eigenvalue weighted by Gasteiger charge is -2.32. The molecule has 7 heteroatoms. The molecule has 1 heterocycles. The van der Waals surface area contributed by atoms with Crippen LogP contribution in [0.15, 0.2) is 18.2 Å². The summed E-state index contributed by atoms with van der Waals surface area (Å²) in [4.78, 5) is 24.6. The maximum atomic E-state index is 12.5. The summed E-state index contributed by atoms with van der Waals surface area (Å²) in [7, 11) is 1.89. The smallest absolute Gasteiger partial charge is 0.270 e. The van der Waals surface area contributed by atoms with Crippen molar-refractivity contribution in [2.24, 2.45) is 0 Å². The highest BCUT2D eigenvalue weighted by molar-refractivity contribution is 5.95. The number of aryl methyl sites for hydroxylation is 1. The van der Waals surface area contributed by atoms with Crippen LogP contribution in [0.4, 0.5) is 5.69 Å². The van der Waals surface area contributed by atoms with Crippen molar-refractivity contribution in [1.29, 1.82) is 0 Å². The molecule has 0 aliphatic carbocycles. The molecule has 1 aromatic carbocycles. The molecule has 1 aromatic rings. The number of non-ortho nitro benzene ring substituents is 1. The van der Waals surface area contributed by atoms with E-state index < -0.39 is 4.92 Å². The number of rotatable bonds is 3. The number of likely N-dealkylation sites (tertiary alicyclic amines) is 1. The van der Waals surface area contributed by atoms with Gasteiger partial charge in [0.1, 0.15) is 0 Å². The summed E-state index contributed by atoms with van der Waals surface area (Å²) in [6.45, 7) is 3.12. The molecule has 1 aliphatic rings. The van der Waals surface area contributed by atoms with Crippen molar-refractivity contribution < 1.29 is 9.72 Å². The van der Waals surface area contributed by atoms with Crippen LogP contribution < -0.4 is 5.32 Å². The van der Waals surface area contributed by atoms with Gasteiger partial charge in [0.25, 0.3) is 11.6 Å². The van der Waals surface area contributed by atoms with Crippen LogP contribution in [0, 0.1) is 17.0 Å². The number of likely N-dealkylation sites (N-methyl/N-ethyl adjacent to an activating group) is 1. The number of nitro benzene ring substituents is 1. The molecule has 1 N–H and O–H groups in total. The van der Waals surface area contributed by atoms with Gasteiger partial charge in [0, 0.05) is 36.8 Å². The van der Waals surface area contributed by atoms with Gasteiger partial charge in [0.2, 0.25) is 0 Å². The Morgan fingerprint density at radius 2 is 2.14 bits per heavy atom. The Labute approximate surface area is 130 Å². The molecule has 1 amide bonds. The minimum absolute atomic E-state index is 0. The van der Waals surface area contributed by atoms with Crippen LogP contribution in [0.25, 0.3) is 0 Å². The number of piperidine rings is 1. The van der Waals surface area contributed by atoms with E-state index in [9.17, 15) is 14.9 Å². The normalized spacial score (nSPS) is 18.0. The maximum absolute atomic E-state index is 12.5. The Hall–Kier alpha value is -1.66. The van der Waals surface area contributed by atoms with Gasteiger partial charge in [-0.05, 0) is 38.4 Å². The lowest BCUT2D eigenvalue weighted by molar-refractivity contribution is -0.384. The van der Waals surface area contributed by atoms with Gasteiger partial charge < -0.3 is 10.2 Å². The van der Waals surface area contributed by atoms with Crippen molar-refractivity contribution in [2.75, 3.05) is 20.1 Å². The van der Waals surface area contributed by atoms with Crippen LogP contribution >= 0.6 is 12.4 Å². The van der Waals surface area contributed by atoms with Gasteiger partial charge in [0.05, 0.1) is 4.92 Å². The van der Waals surface area contributed by atoms with E-state index in [1.54, 1.807) is 17.9 Å². The summed E-state index contributed by atoms with van der Waals surface area (Å²) in [5.41, 5.74) is 1.09. The molecule has 0 aromatic heterocycles. The van der Waals surface area contributed by atoms with Crippen LogP contribution in [0.2, 0.25) is 0 Å². The molecular formula is C14H20ClN3O3. The van der Waals surface area contributed by atoms with Crippen molar-refractivity contribution in [3.63, 3.8) is 0 Å². The number of hydrogen-bond acceptors (Lipinski definition) is 4. The molecule has 0 bridgehead atoms. The predicted octanol–water partition coefficient (Wildman–Crippen LogP) is 2.15. The Kier molecular flexibility index (Phi) is 6.11. The predicted molar refractivity (Wildman–Crippen MR) is 83.1 cm³/mol. The van der Waals surface area contributed by atoms with Crippen molar-refractivity contribution in [2.45, 2.75) is 25.8 Å². The van der Waals surface area contributed by atoms with E-state index in [1.165, 1.54) is 12.1 Å². The summed E-state index contributed by atoms with van der Waals surface area (Å²) < 4.78 is 0. The zero-order valence-corrected chi connectivity index (χ0v) is 13.0. The first-order valence-electron chi connectivity index (χ1n) is 6.74. The topological polar surface area (TPSA) is 75.5 Å². The van der Waals surface area contributed by atoms with Gasteiger partial charge in [0.15, 0.2) is 0 Å². The van der Waals surface area contributed by atoms with Crippen molar-refractivity contribution in [3.8, 4) is 0 Å². The molecule has 0 saturated carbocycles. The number of hydrogen-bond donors (Lipinski definition) is 1. The number of benzene rings is 1. The molecular weight excluding hydrogens is 294 g/mol. The summed E-state index contributed by atoms with van der Waals surface area (Å²) in [6.07, 6.45) is 2.00. The zero-order valence-electron chi connectivity index (χ0n) is 12.2. The van der Waals surface area contributed by atoms with Gasteiger partial charge in [-0.3, -0.25) is 14.9 Å². The third-order valence-electron chi connectivity index (χ3n) is 3.64. The van der Waals surface area contributed by atoms with Crippen molar-refractivity contribution in [3.05, 3.63) is 39.4 Å². The van der Waals surface area contributed by atoms with Crippen molar-refractivity contribution in [1.82, 2.24) is 10.2 Å². The molecule has 1 unspecified atom stereocenters. The van der Waals surface area contributed by atoms with Crippen molar-refractivity contribution >= 4 is 24.0 Å². The first kappa shape index (κ1) is 17.4. The van der Waals surface area contributed by atoms with Gasteiger partial charge in [-0.2, -0.15) is 0 Å². The monoisotopic (exact) mass is 313 g/mol. The Balaban J connectivity index is 0.00000220. The van der Waals surface area contributed by atoms with Gasteiger partial charge in [-0.1, -0.05) is 0 Å². The average Bonchev–Trinajstić information content (AvgIpc) is 2.45. The van der Waals surface area contributed by atoms with Gasteiger partial charge in [-0.25, -0.2) is 0 Å². The number of carbonyl (C=O) groups excluding carboxylic acids is 1. The molecule has 116 valence electrons.